The van der Waals surface area contributed by atoms with Crippen LogP contribution in [0.15, 0.2) is 24.3 Å². The molecule has 3 rings (SSSR count). The first-order valence-electron chi connectivity index (χ1n) is 9.75. The molecule has 0 spiro atoms. The number of carboxylic acid groups (broad SMARTS) is 1. The summed E-state index contributed by atoms with van der Waals surface area (Å²) in [5, 5.41) is 11.9. The van der Waals surface area contributed by atoms with E-state index in [-0.39, 0.29) is 24.3 Å². The number of hydrogen-bond acceptors (Lipinski definition) is 3. The first kappa shape index (κ1) is 20.1. The Morgan fingerprint density at radius 2 is 1.61 bits per heavy atom. The Labute approximate surface area is 163 Å². The second-order valence-electron chi connectivity index (χ2n) is 7.45. The third-order valence-electron chi connectivity index (χ3n) is 5.48. The Kier molecular flexibility index (Phi) is 6.49. The Bertz CT molecular complexity index is 711. The molecule has 0 radical (unpaired) electrons. The number of urea groups is 1. The van der Waals surface area contributed by atoms with E-state index in [1.165, 1.54) is 24.3 Å². The second-order valence-corrected chi connectivity index (χ2v) is 7.45. The summed E-state index contributed by atoms with van der Waals surface area (Å²) >= 11 is 0. The van der Waals surface area contributed by atoms with Crippen molar-refractivity contribution in [2.24, 2.45) is 5.92 Å². The minimum Gasteiger partial charge on any atom is -0.481 e. The van der Waals surface area contributed by atoms with E-state index in [0.717, 1.165) is 25.9 Å². The lowest BCUT2D eigenvalue weighted by Crippen LogP contribution is -2.48. The molecule has 2 aliphatic rings. The highest BCUT2D eigenvalue weighted by Crippen LogP contribution is 2.23. The maximum Gasteiger partial charge on any atom is 0.319 e. The van der Waals surface area contributed by atoms with E-state index >= 15 is 0 Å². The summed E-state index contributed by atoms with van der Waals surface area (Å²) in [7, 11) is 0. The van der Waals surface area contributed by atoms with E-state index in [2.05, 4.69) is 5.32 Å². The highest BCUT2D eigenvalue weighted by molar-refractivity contribution is 5.81. The molecule has 2 saturated heterocycles. The van der Waals surface area contributed by atoms with E-state index < -0.39 is 17.8 Å². The van der Waals surface area contributed by atoms with Gasteiger partial charge in [-0.05, 0) is 43.4 Å². The van der Waals surface area contributed by atoms with E-state index in [4.69, 9.17) is 5.11 Å². The molecule has 1 atom stereocenters. The number of carbonyl (C=O) groups excluding carboxylic acids is 2. The van der Waals surface area contributed by atoms with Gasteiger partial charge in [0.1, 0.15) is 5.82 Å². The zero-order chi connectivity index (χ0) is 20.1. The Morgan fingerprint density at radius 3 is 2.18 bits per heavy atom. The molecule has 152 valence electrons. The predicted octanol–water partition coefficient (Wildman–Crippen LogP) is 2.39. The number of benzene rings is 1. The van der Waals surface area contributed by atoms with E-state index in [1.807, 2.05) is 4.90 Å². The number of likely N-dealkylation sites (tertiary alicyclic amines) is 2. The van der Waals surface area contributed by atoms with Crippen molar-refractivity contribution in [1.29, 1.82) is 0 Å². The van der Waals surface area contributed by atoms with Crippen molar-refractivity contribution in [3.63, 3.8) is 0 Å². The molecule has 2 N–H and O–H groups in total. The molecule has 7 nitrogen and oxygen atoms in total. The number of carbonyl (C=O) groups is 3. The number of nitrogens with one attached hydrogen (secondary N) is 1. The minimum atomic E-state index is -1.04. The number of hydrogen-bond donors (Lipinski definition) is 2. The van der Waals surface area contributed by atoms with Gasteiger partial charge in [-0.15, -0.1) is 0 Å². The molecule has 1 aromatic carbocycles. The summed E-state index contributed by atoms with van der Waals surface area (Å²) in [5.41, 5.74) is 0.554. The SMILES string of the molecule is O=C(O)CC(NC(=O)C1CCN(C(=O)N2CCCC2)CC1)c1ccc(F)cc1. The van der Waals surface area contributed by atoms with Gasteiger partial charge >= 0.3 is 12.0 Å². The fourth-order valence-electron chi connectivity index (χ4n) is 3.85. The molecule has 0 aliphatic carbocycles. The van der Waals surface area contributed by atoms with Crippen molar-refractivity contribution in [2.45, 2.75) is 38.1 Å². The molecule has 1 aromatic rings. The first-order valence-corrected chi connectivity index (χ1v) is 9.75. The molecule has 2 heterocycles. The molecule has 8 heteroatoms. The summed E-state index contributed by atoms with van der Waals surface area (Å²) in [5.74, 6) is -1.94. The van der Waals surface area contributed by atoms with Crippen LogP contribution in [-0.2, 0) is 9.59 Å². The van der Waals surface area contributed by atoms with Gasteiger partial charge < -0.3 is 20.2 Å². The average Bonchev–Trinajstić information content (AvgIpc) is 3.22. The zero-order valence-electron chi connectivity index (χ0n) is 15.8. The van der Waals surface area contributed by atoms with Crippen LogP contribution in [0.1, 0.15) is 43.7 Å². The van der Waals surface area contributed by atoms with Crippen molar-refractivity contribution in [2.75, 3.05) is 26.2 Å². The Balaban J connectivity index is 1.56. The molecular weight excluding hydrogens is 365 g/mol. The van der Waals surface area contributed by atoms with Crippen molar-refractivity contribution < 1.29 is 23.9 Å². The lowest BCUT2D eigenvalue weighted by molar-refractivity contribution is -0.138. The number of piperidine rings is 1. The molecule has 3 amide bonds. The molecule has 2 aliphatic heterocycles. The fraction of sp³-hybridized carbons (Fsp3) is 0.550. The minimum absolute atomic E-state index is 0.0476. The smallest absolute Gasteiger partial charge is 0.319 e. The average molecular weight is 391 g/mol. The zero-order valence-corrected chi connectivity index (χ0v) is 15.8. The van der Waals surface area contributed by atoms with Crippen LogP contribution in [0.4, 0.5) is 9.18 Å². The number of rotatable bonds is 5. The van der Waals surface area contributed by atoms with Crippen LogP contribution >= 0.6 is 0 Å². The van der Waals surface area contributed by atoms with Crippen molar-refractivity contribution in [3.05, 3.63) is 35.6 Å². The van der Waals surface area contributed by atoms with Crippen LogP contribution in [-0.4, -0.2) is 59.0 Å². The molecule has 0 bridgehead atoms. The maximum absolute atomic E-state index is 13.1. The molecular formula is C20H26FN3O4. The number of nitrogens with zero attached hydrogens (tertiary/aromatic N) is 2. The quantitative estimate of drug-likeness (QED) is 0.806. The third-order valence-corrected chi connectivity index (χ3v) is 5.48. The van der Waals surface area contributed by atoms with Gasteiger partial charge in [0, 0.05) is 32.1 Å². The summed E-state index contributed by atoms with van der Waals surface area (Å²) in [6.07, 6.45) is 2.91. The predicted molar refractivity (Wildman–Crippen MR) is 100 cm³/mol. The van der Waals surface area contributed by atoms with Gasteiger partial charge in [0.05, 0.1) is 12.5 Å². The summed E-state index contributed by atoms with van der Waals surface area (Å²) in [4.78, 5) is 39.9. The highest BCUT2D eigenvalue weighted by atomic mass is 19.1. The monoisotopic (exact) mass is 391 g/mol. The lowest BCUT2D eigenvalue weighted by Gasteiger charge is -2.34. The summed E-state index contributed by atoms with van der Waals surface area (Å²) in [6, 6.07) is 4.81. The number of carboxylic acids is 1. The number of halogens is 1. The lowest BCUT2D eigenvalue weighted by atomic mass is 9.94. The van der Waals surface area contributed by atoms with Crippen LogP contribution in [0.5, 0.6) is 0 Å². The van der Waals surface area contributed by atoms with Crippen molar-refractivity contribution in [1.82, 2.24) is 15.1 Å². The first-order chi connectivity index (χ1) is 13.4. The summed E-state index contributed by atoms with van der Waals surface area (Å²) in [6.45, 7) is 2.64. The molecule has 0 saturated carbocycles. The van der Waals surface area contributed by atoms with Gasteiger partial charge in [0.25, 0.3) is 0 Å². The summed E-state index contributed by atoms with van der Waals surface area (Å²) < 4.78 is 13.1. The van der Waals surface area contributed by atoms with Gasteiger partial charge in [-0.2, -0.15) is 0 Å². The molecule has 2 fully saturated rings. The van der Waals surface area contributed by atoms with Crippen molar-refractivity contribution >= 4 is 17.9 Å². The molecule has 1 unspecified atom stereocenters. The molecule has 0 aromatic heterocycles. The fourth-order valence-corrected chi connectivity index (χ4v) is 3.85. The van der Waals surface area contributed by atoms with Gasteiger partial charge in [0.2, 0.25) is 5.91 Å². The van der Waals surface area contributed by atoms with Gasteiger partial charge in [0.15, 0.2) is 0 Å². The Morgan fingerprint density at radius 1 is 1.04 bits per heavy atom. The van der Waals surface area contributed by atoms with Crippen molar-refractivity contribution in [3.8, 4) is 0 Å². The van der Waals surface area contributed by atoms with Crippen LogP contribution in [0, 0.1) is 11.7 Å². The second kappa shape index (κ2) is 9.03. The van der Waals surface area contributed by atoms with Crippen LogP contribution in [0.3, 0.4) is 0 Å². The molecule has 28 heavy (non-hydrogen) atoms. The third kappa shape index (κ3) is 4.99. The highest BCUT2D eigenvalue weighted by Gasteiger charge is 2.31. The van der Waals surface area contributed by atoms with Crippen LogP contribution < -0.4 is 5.32 Å². The van der Waals surface area contributed by atoms with Crippen LogP contribution in [0.25, 0.3) is 0 Å². The van der Waals surface area contributed by atoms with E-state index in [0.29, 0.717) is 31.5 Å². The van der Waals surface area contributed by atoms with E-state index in [9.17, 15) is 18.8 Å². The van der Waals surface area contributed by atoms with Gasteiger partial charge in [-0.3, -0.25) is 9.59 Å². The normalized spacial score (nSPS) is 18.8. The topological polar surface area (TPSA) is 90.0 Å². The maximum atomic E-state index is 13.1. The standard InChI is InChI=1S/C20H26FN3O4/c21-16-5-3-14(4-6-16)17(13-18(25)26)22-19(27)15-7-11-24(12-8-15)20(28)23-9-1-2-10-23/h3-6,15,17H,1-2,7-13H2,(H,22,27)(H,25,26). The number of amides is 3. The number of aliphatic carboxylic acids is 1. The van der Waals surface area contributed by atoms with Gasteiger partial charge in [-0.1, -0.05) is 12.1 Å². The largest absolute Gasteiger partial charge is 0.481 e. The van der Waals surface area contributed by atoms with E-state index in [1.54, 1.807) is 4.90 Å². The van der Waals surface area contributed by atoms with Crippen LogP contribution in [0.2, 0.25) is 0 Å². The Hall–Kier alpha value is -2.64. The van der Waals surface area contributed by atoms with Gasteiger partial charge in [-0.25, -0.2) is 9.18 Å².